The van der Waals surface area contributed by atoms with Crippen molar-refractivity contribution in [1.29, 1.82) is 0 Å². The molecule has 5 heterocycles. The van der Waals surface area contributed by atoms with Gasteiger partial charge in [-0.3, -0.25) is 4.57 Å². The van der Waals surface area contributed by atoms with Crippen LogP contribution in [0.25, 0.3) is 10.8 Å². The third-order valence-electron chi connectivity index (χ3n) is 5.19. The van der Waals surface area contributed by atoms with Crippen molar-refractivity contribution in [1.82, 2.24) is 24.9 Å². The lowest BCUT2D eigenvalue weighted by molar-refractivity contribution is 0.425. The molecule has 0 amide bonds. The molecule has 0 radical (unpaired) electrons. The molecule has 4 aromatic heterocycles. The molecule has 8 nitrogen and oxygen atoms in total. The Morgan fingerprint density at radius 1 is 1.20 bits per heavy atom. The first-order valence-corrected chi connectivity index (χ1v) is 11.8. The van der Waals surface area contributed by atoms with Gasteiger partial charge in [-0.1, -0.05) is 29.9 Å². The monoisotopic (exact) mass is 442 g/mol. The fraction of sp³-hybridized carbons (Fsp3) is 0.400. The molecule has 0 aliphatic carbocycles. The molecule has 30 heavy (non-hydrogen) atoms. The summed E-state index contributed by atoms with van der Waals surface area (Å²) in [5.41, 5.74) is 0. The largest absolute Gasteiger partial charge is 0.467 e. The standard InChI is InChI=1S/C20H22N6O2S2/c1-14-6-8-25(9-7-14)19-22-23-20(26(19)12-15-4-2-10-27-15)30-13-17-21-18(28-24-17)16-5-3-11-29-16/h2-5,10-11,14H,6-9,12-13H2,1H3. The lowest BCUT2D eigenvalue weighted by Gasteiger charge is -2.31. The van der Waals surface area contributed by atoms with Crippen molar-refractivity contribution in [2.24, 2.45) is 5.92 Å². The SMILES string of the molecule is CC1CCN(c2nnc(SCc3noc(-c4cccs4)n3)n2Cc2ccco2)CC1. The zero-order valence-electron chi connectivity index (χ0n) is 16.6. The number of anilines is 1. The molecule has 5 rings (SSSR count). The first kappa shape index (κ1) is 19.4. The lowest BCUT2D eigenvalue weighted by Crippen LogP contribution is -2.35. The Hall–Kier alpha value is -2.59. The molecule has 0 aromatic carbocycles. The molecule has 0 saturated carbocycles. The molecular formula is C20H22N6O2S2. The number of thiophene rings is 1. The number of furan rings is 1. The Balaban J connectivity index is 1.35. The van der Waals surface area contributed by atoms with Gasteiger partial charge in [-0.15, -0.1) is 21.5 Å². The van der Waals surface area contributed by atoms with E-state index in [-0.39, 0.29) is 0 Å². The average Bonchev–Trinajstić information content (AvgIpc) is 3.55. The molecule has 0 spiro atoms. The summed E-state index contributed by atoms with van der Waals surface area (Å²) in [4.78, 5) is 7.80. The van der Waals surface area contributed by atoms with E-state index in [0.29, 0.717) is 24.0 Å². The second kappa shape index (κ2) is 8.65. The normalized spacial score (nSPS) is 15.2. The third kappa shape index (κ3) is 4.15. The van der Waals surface area contributed by atoms with Crippen LogP contribution in [0, 0.1) is 5.92 Å². The van der Waals surface area contributed by atoms with Crippen LogP contribution >= 0.6 is 23.1 Å². The minimum atomic E-state index is 0.556. The van der Waals surface area contributed by atoms with E-state index in [9.17, 15) is 0 Å². The van der Waals surface area contributed by atoms with E-state index in [2.05, 4.69) is 36.7 Å². The van der Waals surface area contributed by atoms with Gasteiger partial charge in [0.1, 0.15) is 5.76 Å². The molecule has 1 fully saturated rings. The Kier molecular flexibility index (Phi) is 5.58. The highest BCUT2D eigenvalue weighted by Crippen LogP contribution is 2.29. The van der Waals surface area contributed by atoms with Crippen LogP contribution in [-0.4, -0.2) is 38.0 Å². The van der Waals surface area contributed by atoms with Gasteiger partial charge >= 0.3 is 0 Å². The molecule has 1 saturated heterocycles. The molecule has 0 atom stereocenters. The second-order valence-electron chi connectivity index (χ2n) is 7.40. The lowest BCUT2D eigenvalue weighted by atomic mass is 10.00. The van der Waals surface area contributed by atoms with Gasteiger partial charge in [-0.2, -0.15) is 4.98 Å². The number of nitrogens with zero attached hydrogens (tertiary/aromatic N) is 6. The van der Waals surface area contributed by atoms with Gasteiger partial charge in [-0.25, -0.2) is 0 Å². The van der Waals surface area contributed by atoms with Crippen LogP contribution in [-0.2, 0) is 12.3 Å². The summed E-state index contributed by atoms with van der Waals surface area (Å²) in [6.07, 6.45) is 4.04. The molecule has 1 aliphatic rings. The van der Waals surface area contributed by atoms with E-state index in [1.54, 1.807) is 29.4 Å². The summed E-state index contributed by atoms with van der Waals surface area (Å²) in [5, 5.41) is 15.9. The van der Waals surface area contributed by atoms with Crippen LogP contribution in [0.15, 0.2) is 50.0 Å². The van der Waals surface area contributed by atoms with Crippen LogP contribution in [0.2, 0.25) is 0 Å². The molecule has 156 valence electrons. The quantitative estimate of drug-likeness (QED) is 0.385. The average molecular weight is 443 g/mol. The highest BCUT2D eigenvalue weighted by Gasteiger charge is 2.23. The molecule has 0 N–H and O–H groups in total. The first-order chi connectivity index (χ1) is 14.8. The molecular weight excluding hydrogens is 420 g/mol. The van der Waals surface area contributed by atoms with E-state index in [1.165, 1.54) is 12.8 Å². The highest BCUT2D eigenvalue weighted by molar-refractivity contribution is 7.98. The topological polar surface area (TPSA) is 86.0 Å². The fourth-order valence-corrected chi connectivity index (χ4v) is 4.89. The van der Waals surface area contributed by atoms with Gasteiger partial charge in [0, 0.05) is 13.1 Å². The predicted octanol–water partition coefficient (Wildman–Crippen LogP) is 4.56. The molecule has 4 aromatic rings. The predicted molar refractivity (Wildman–Crippen MR) is 116 cm³/mol. The van der Waals surface area contributed by atoms with Gasteiger partial charge in [0.25, 0.3) is 5.89 Å². The maximum absolute atomic E-state index is 5.59. The van der Waals surface area contributed by atoms with Crippen LogP contribution in [0.4, 0.5) is 5.95 Å². The van der Waals surface area contributed by atoms with Gasteiger partial charge in [0.15, 0.2) is 11.0 Å². The fourth-order valence-electron chi connectivity index (χ4n) is 3.47. The maximum atomic E-state index is 5.59. The summed E-state index contributed by atoms with van der Waals surface area (Å²) in [6.45, 7) is 4.90. The maximum Gasteiger partial charge on any atom is 0.268 e. The van der Waals surface area contributed by atoms with Crippen molar-refractivity contribution in [2.45, 2.75) is 37.2 Å². The number of thioether (sulfide) groups is 1. The Morgan fingerprint density at radius 2 is 2.10 bits per heavy atom. The van der Waals surface area contributed by atoms with Gasteiger partial charge in [0.05, 0.1) is 23.4 Å². The van der Waals surface area contributed by atoms with E-state index in [0.717, 1.165) is 40.7 Å². The number of hydrogen-bond acceptors (Lipinski definition) is 9. The van der Waals surface area contributed by atoms with Crippen molar-refractivity contribution < 1.29 is 8.94 Å². The van der Waals surface area contributed by atoms with E-state index >= 15 is 0 Å². The van der Waals surface area contributed by atoms with E-state index in [1.807, 2.05) is 29.6 Å². The first-order valence-electron chi connectivity index (χ1n) is 9.96. The van der Waals surface area contributed by atoms with Crippen LogP contribution < -0.4 is 4.90 Å². The zero-order valence-corrected chi connectivity index (χ0v) is 18.2. The second-order valence-corrected chi connectivity index (χ2v) is 9.29. The summed E-state index contributed by atoms with van der Waals surface area (Å²) in [7, 11) is 0. The van der Waals surface area contributed by atoms with E-state index in [4.69, 9.17) is 8.94 Å². The minimum Gasteiger partial charge on any atom is -0.467 e. The summed E-state index contributed by atoms with van der Waals surface area (Å²) in [5.74, 6) is 4.29. The Labute approximate surface area is 182 Å². The van der Waals surface area contributed by atoms with Crippen molar-refractivity contribution >= 4 is 29.0 Å². The number of piperidine rings is 1. The van der Waals surface area contributed by atoms with Crippen LogP contribution in [0.5, 0.6) is 0 Å². The van der Waals surface area contributed by atoms with Crippen molar-refractivity contribution in [3.05, 3.63) is 47.5 Å². The van der Waals surface area contributed by atoms with Crippen LogP contribution in [0.3, 0.4) is 0 Å². The number of hydrogen-bond donors (Lipinski definition) is 0. The van der Waals surface area contributed by atoms with Gasteiger partial charge < -0.3 is 13.8 Å². The summed E-state index contributed by atoms with van der Waals surface area (Å²) < 4.78 is 13.1. The molecule has 10 heteroatoms. The highest BCUT2D eigenvalue weighted by atomic mass is 32.2. The van der Waals surface area contributed by atoms with E-state index < -0.39 is 0 Å². The molecule has 0 unspecified atom stereocenters. The van der Waals surface area contributed by atoms with Crippen molar-refractivity contribution in [3.63, 3.8) is 0 Å². The molecule has 1 aliphatic heterocycles. The molecule has 0 bridgehead atoms. The van der Waals surface area contributed by atoms with Gasteiger partial charge in [0.2, 0.25) is 5.95 Å². The van der Waals surface area contributed by atoms with Crippen molar-refractivity contribution in [3.8, 4) is 10.8 Å². The third-order valence-corrected chi connectivity index (χ3v) is 7.01. The Bertz CT molecular complexity index is 1070. The number of rotatable bonds is 7. The summed E-state index contributed by atoms with van der Waals surface area (Å²) in [6, 6.07) is 7.82. The number of aromatic nitrogens is 5. The van der Waals surface area contributed by atoms with Crippen LogP contribution in [0.1, 0.15) is 31.4 Å². The minimum absolute atomic E-state index is 0.556. The van der Waals surface area contributed by atoms with Crippen molar-refractivity contribution in [2.75, 3.05) is 18.0 Å². The zero-order chi connectivity index (χ0) is 20.3. The van der Waals surface area contributed by atoms with Gasteiger partial charge in [-0.05, 0) is 42.3 Å². The Morgan fingerprint density at radius 3 is 2.87 bits per heavy atom. The summed E-state index contributed by atoms with van der Waals surface area (Å²) >= 11 is 3.14. The smallest absolute Gasteiger partial charge is 0.268 e.